The molecule has 0 aromatic heterocycles. The Kier molecular flexibility index (Phi) is 6.19. The molecule has 25 heavy (non-hydrogen) atoms. The largest absolute Gasteiger partial charge is 0.497 e. The minimum atomic E-state index is -0.348. The van der Waals surface area contributed by atoms with Gasteiger partial charge >= 0.3 is 0 Å². The number of hydrogen-bond acceptors (Lipinski definition) is 5. The predicted octanol–water partition coefficient (Wildman–Crippen LogP) is 3.89. The van der Waals surface area contributed by atoms with Crippen LogP contribution in [0.5, 0.6) is 17.2 Å². The van der Waals surface area contributed by atoms with E-state index in [0.29, 0.717) is 35.0 Å². The van der Waals surface area contributed by atoms with Gasteiger partial charge in [0.15, 0.2) is 11.5 Å². The van der Waals surface area contributed by atoms with Gasteiger partial charge in [0, 0.05) is 5.56 Å². The number of nitriles is 1. The van der Waals surface area contributed by atoms with E-state index in [1.807, 2.05) is 13.0 Å². The first kappa shape index (κ1) is 18.1. The molecule has 0 spiro atoms. The second-order valence-electron chi connectivity index (χ2n) is 5.07. The molecule has 0 aliphatic rings. The highest BCUT2D eigenvalue weighted by Gasteiger charge is 2.13. The van der Waals surface area contributed by atoms with Crippen LogP contribution in [0.3, 0.4) is 0 Å². The summed E-state index contributed by atoms with van der Waals surface area (Å²) < 4.78 is 15.8. The van der Waals surface area contributed by atoms with Crippen molar-refractivity contribution in [3.05, 3.63) is 59.2 Å². The fourth-order valence-corrected chi connectivity index (χ4v) is 2.26. The highest BCUT2D eigenvalue weighted by Crippen LogP contribution is 2.29. The third-order valence-corrected chi connectivity index (χ3v) is 3.52. The Labute approximate surface area is 147 Å². The number of allylic oxidation sites excluding steroid dienone is 1. The first-order valence-electron chi connectivity index (χ1n) is 7.74. The second kappa shape index (κ2) is 8.55. The number of methoxy groups -OCH3 is 2. The maximum absolute atomic E-state index is 12.5. The topological polar surface area (TPSA) is 68.5 Å². The molecule has 0 unspecified atom stereocenters. The van der Waals surface area contributed by atoms with Crippen LogP contribution in [0.4, 0.5) is 0 Å². The molecule has 0 heterocycles. The molecule has 2 aromatic carbocycles. The van der Waals surface area contributed by atoms with Crippen LogP contribution in [0.15, 0.2) is 48.0 Å². The molecule has 0 saturated heterocycles. The molecule has 0 fully saturated rings. The van der Waals surface area contributed by atoms with Crippen molar-refractivity contribution in [3.63, 3.8) is 0 Å². The Balaban J connectivity index is 2.34. The number of rotatable bonds is 7. The van der Waals surface area contributed by atoms with Crippen LogP contribution in [-0.2, 0) is 0 Å². The maximum Gasteiger partial charge on any atom is 0.203 e. The average molecular weight is 337 g/mol. The number of carbonyl (C=O) groups is 1. The van der Waals surface area contributed by atoms with Crippen molar-refractivity contribution in [2.75, 3.05) is 20.8 Å². The van der Waals surface area contributed by atoms with E-state index < -0.39 is 0 Å². The van der Waals surface area contributed by atoms with Crippen LogP contribution in [0.25, 0.3) is 6.08 Å². The molecule has 0 N–H and O–H groups in total. The van der Waals surface area contributed by atoms with Gasteiger partial charge in [0.2, 0.25) is 5.78 Å². The Morgan fingerprint density at radius 3 is 2.36 bits per heavy atom. The molecule has 0 bridgehead atoms. The predicted molar refractivity (Wildman–Crippen MR) is 95.1 cm³/mol. The Bertz CT molecular complexity index is 817. The lowest BCUT2D eigenvalue weighted by atomic mass is 10.0. The van der Waals surface area contributed by atoms with Crippen molar-refractivity contribution in [2.45, 2.75) is 6.92 Å². The summed E-state index contributed by atoms with van der Waals surface area (Å²) in [7, 11) is 3.11. The van der Waals surface area contributed by atoms with Crippen LogP contribution >= 0.6 is 0 Å². The smallest absolute Gasteiger partial charge is 0.203 e. The second-order valence-corrected chi connectivity index (χ2v) is 5.07. The van der Waals surface area contributed by atoms with Crippen LogP contribution in [0, 0.1) is 11.3 Å². The van der Waals surface area contributed by atoms with Crippen molar-refractivity contribution in [1.29, 1.82) is 5.26 Å². The minimum absolute atomic E-state index is 0.0396. The van der Waals surface area contributed by atoms with Crippen LogP contribution in [-0.4, -0.2) is 26.6 Å². The van der Waals surface area contributed by atoms with Gasteiger partial charge in [-0.25, -0.2) is 0 Å². The van der Waals surface area contributed by atoms with E-state index in [1.165, 1.54) is 6.08 Å². The zero-order valence-electron chi connectivity index (χ0n) is 14.4. The number of hydrogen-bond donors (Lipinski definition) is 0. The standard InChI is InChI=1S/C20H19NO4/c1-4-25-19-12-14(5-10-18(19)24-3)11-16(13-21)20(22)15-6-8-17(23-2)9-7-15/h5-12H,4H2,1-3H3/b16-11+. The highest BCUT2D eigenvalue weighted by atomic mass is 16.5. The summed E-state index contributed by atoms with van der Waals surface area (Å²) >= 11 is 0. The molecule has 0 aliphatic carbocycles. The van der Waals surface area contributed by atoms with E-state index >= 15 is 0 Å². The molecule has 0 amide bonds. The first-order valence-corrected chi connectivity index (χ1v) is 7.74. The number of Topliss-reactive ketones (excluding diaryl/α,β-unsaturated/α-hetero) is 1. The van der Waals surface area contributed by atoms with Crippen molar-refractivity contribution < 1.29 is 19.0 Å². The molecule has 128 valence electrons. The van der Waals surface area contributed by atoms with Crippen molar-refractivity contribution in [2.24, 2.45) is 0 Å². The van der Waals surface area contributed by atoms with E-state index in [9.17, 15) is 10.1 Å². The van der Waals surface area contributed by atoms with E-state index in [2.05, 4.69) is 0 Å². The lowest BCUT2D eigenvalue weighted by Gasteiger charge is -2.10. The fourth-order valence-electron chi connectivity index (χ4n) is 2.26. The quantitative estimate of drug-likeness (QED) is 0.435. The van der Waals surface area contributed by atoms with Gasteiger partial charge in [-0.05, 0) is 55.0 Å². The molecule has 0 radical (unpaired) electrons. The number of nitrogens with zero attached hydrogens (tertiary/aromatic N) is 1. The number of ketones is 1. The van der Waals surface area contributed by atoms with E-state index in [1.54, 1.807) is 56.7 Å². The minimum Gasteiger partial charge on any atom is -0.497 e. The van der Waals surface area contributed by atoms with E-state index in [0.717, 1.165) is 0 Å². The van der Waals surface area contributed by atoms with Gasteiger partial charge in [-0.15, -0.1) is 0 Å². The zero-order valence-corrected chi connectivity index (χ0v) is 14.4. The van der Waals surface area contributed by atoms with Gasteiger partial charge in [-0.1, -0.05) is 6.07 Å². The maximum atomic E-state index is 12.5. The van der Waals surface area contributed by atoms with Crippen molar-refractivity contribution in [3.8, 4) is 23.3 Å². The van der Waals surface area contributed by atoms with Crippen LogP contribution in [0.1, 0.15) is 22.8 Å². The van der Waals surface area contributed by atoms with Crippen molar-refractivity contribution in [1.82, 2.24) is 0 Å². The number of ether oxygens (including phenoxy) is 3. The molecule has 2 aromatic rings. The summed E-state index contributed by atoms with van der Waals surface area (Å²) in [6.45, 7) is 2.36. The summed E-state index contributed by atoms with van der Waals surface area (Å²) in [4.78, 5) is 12.5. The summed E-state index contributed by atoms with van der Waals surface area (Å²) in [5.41, 5.74) is 1.15. The molecule has 0 aliphatic heterocycles. The summed E-state index contributed by atoms with van der Waals surface area (Å²) in [6, 6.07) is 13.8. The zero-order chi connectivity index (χ0) is 18.2. The number of carbonyl (C=O) groups excluding carboxylic acids is 1. The van der Waals surface area contributed by atoms with Crippen molar-refractivity contribution >= 4 is 11.9 Å². The Morgan fingerprint density at radius 2 is 1.80 bits per heavy atom. The fraction of sp³-hybridized carbons (Fsp3) is 0.200. The van der Waals surface area contributed by atoms with Gasteiger partial charge in [-0.3, -0.25) is 4.79 Å². The molecule has 0 atom stereocenters. The lowest BCUT2D eigenvalue weighted by molar-refractivity contribution is 0.104. The first-order chi connectivity index (χ1) is 12.1. The Morgan fingerprint density at radius 1 is 1.08 bits per heavy atom. The molecule has 5 nitrogen and oxygen atoms in total. The SMILES string of the molecule is CCOc1cc(/C=C(\C#N)C(=O)c2ccc(OC)cc2)ccc1OC. The highest BCUT2D eigenvalue weighted by molar-refractivity contribution is 6.14. The van der Waals surface area contributed by atoms with Gasteiger partial charge in [-0.2, -0.15) is 5.26 Å². The molecule has 2 rings (SSSR count). The van der Waals surface area contributed by atoms with Crippen LogP contribution < -0.4 is 14.2 Å². The van der Waals surface area contributed by atoms with E-state index in [4.69, 9.17) is 14.2 Å². The lowest BCUT2D eigenvalue weighted by Crippen LogP contribution is -2.02. The molecular weight excluding hydrogens is 318 g/mol. The van der Waals surface area contributed by atoms with Gasteiger partial charge in [0.25, 0.3) is 0 Å². The van der Waals surface area contributed by atoms with Gasteiger partial charge in [0.1, 0.15) is 17.4 Å². The van der Waals surface area contributed by atoms with Gasteiger partial charge in [0.05, 0.1) is 20.8 Å². The molecule has 0 saturated carbocycles. The monoisotopic (exact) mass is 337 g/mol. The molecule has 5 heteroatoms. The average Bonchev–Trinajstić information content (AvgIpc) is 2.66. The third kappa shape index (κ3) is 4.39. The summed E-state index contributed by atoms with van der Waals surface area (Å²) in [5.74, 6) is 1.46. The summed E-state index contributed by atoms with van der Waals surface area (Å²) in [6.07, 6.45) is 1.54. The normalized spacial score (nSPS) is 10.7. The van der Waals surface area contributed by atoms with Crippen LogP contribution in [0.2, 0.25) is 0 Å². The Hall–Kier alpha value is -3.26. The molecular formula is C20H19NO4. The third-order valence-electron chi connectivity index (χ3n) is 3.52. The van der Waals surface area contributed by atoms with E-state index in [-0.39, 0.29) is 11.4 Å². The number of benzene rings is 2. The van der Waals surface area contributed by atoms with Gasteiger partial charge < -0.3 is 14.2 Å². The summed E-state index contributed by atoms with van der Waals surface area (Å²) in [5, 5.41) is 9.37.